The third kappa shape index (κ3) is 9.53. The number of nitrogens with one attached hydrogen (secondary N) is 4. The van der Waals surface area contributed by atoms with Crippen LogP contribution in [0.5, 0.6) is 5.75 Å². The minimum atomic E-state index is -1.46. The van der Waals surface area contributed by atoms with Gasteiger partial charge in [-0.15, -0.1) is 0 Å². The summed E-state index contributed by atoms with van der Waals surface area (Å²) in [5.41, 5.74) is 13.9. The van der Waals surface area contributed by atoms with Crippen LogP contribution < -0.4 is 27.4 Å². The number of amides is 3. The van der Waals surface area contributed by atoms with E-state index in [0.717, 1.165) is 16.5 Å². The molecule has 0 bridgehead atoms. The van der Waals surface area contributed by atoms with Crippen LogP contribution in [0.2, 0.25) is 0 Å². The van der Waals surface area contributed by atoms with E-state index in [9.17, 15) is 34.5 Å². The largest absolute Gasteiger partial charge is 0.508 e. The van der Waals surface area contributed by atoms with Crippen LogP contribution >= 0.6 is 0 Å². The molecule has 0 saturated carbocycles. The number of carboxylic acid groups (broad SMARTS) is 1. The maximum atomic E-state index is 13.3. The van der Waals surface area contributed by atoms with E-state index in [-0.39, 0.29) is 25.0 Å². The van der Waals surface area contributed by atoms with Gasteiger partial charge in [0.1, 0.15) is 23.9 Å². The SMILES string of the molecule is CC(O)C(NC(=O)C(N)Cc1c[nH]c2ccccc12)C(=O)NC(Cc1ccc(O)cc1)C(=O)NC(CCCCN)C(=O)O. The lowest BCUT2D eigenvalue weighted by atomic mass is 10.0. The molecular formula is C30H40N6O7. The van der Waals surface area contributed by atoms with Crippen LogP contribution in [0.4, 0.5) is 0 Å². The Bertz CT molecular complexity index is 1390. The highest BCUT2D eigenvalue weighted by Crippen LogP contribution is 2.19. The zero-order chi connectivity index (χ0) is 31.5. The van der Waals surface area contributed by atoms with Gasteiger partial charge in [-0.05, 0) is 68.5 Å². The number of phenols is 1. The lowest BCUT2D eigenvalue weighted by Gasteiger charge is -2.26. The molecule has 5 unspecified atom stereocenters. The summed E-state index contributed by atoms with van der Waals surface area (Å²) in [6, 6.07) is 8.45. The molecule has 43 heavy (non-hydrogen) atoms. The summed E-state index contributed by atoms with van der Waals surface area (Å²) in [4.78, 5) is 54.5. The quantitative estimate of drug-likeness (QED) is 0.101. The molecule has 0 radical (unpaired) electrons. The Morgan fingerprint density at radius 1 is 0.884 bits per heavy atom. The fourth-order valence-corrected chi connectivity index (χ4v) is 4.66. The van der Waals surface area contributed by atoms with Crippen molar-refractivity contribution in [2.75, 3.05) is 6.54 Å². The number of hydrogen-bond acceptors (Lipinski definition) is 8. The number of aromatic amines is 1. The summed E-state index contributed by atoms with van der Waals surface area (Å²) in [5, 5.41) is 38.0. The van der Waals surface area contributed by atoms with Gasteiger partial charge in [0, 0.05) is 23.5 Å². The molecule has 3 amide bonds. The van der Waals surface area contributed by atoms with Gasteiger partial charge in [-0.3, -0.25) is 14.4 Å². The minimum absolute atomic E-state index is 0.000453. The smallest absolute Gasteiger partial charge is 0.326 e. The standard InChI is InChI=1S/C30H40N6O7/c1-17(37)26(36-27(39)22(32)15-19-16-33-23-7-3-2-6-21(19)23)29(41)35-25(14-18-9-11-20(38)12-10-18)28(40)34-24(30(42)43)8-4-5-13-31/h2-3,6-7,9-12,16-17,22,24-26,33,37-38H,4-5,8,13-15,31-32H2,1H3,(H,34,40)(H,35,41)(H,36,39)(H,42,43). The van der Waals surface area contributed by atoms with Crippen molar-refractivity contribution in [3.63, 3.8) is 0 Å². The number of benzene rings is 2. The van der Waals surface area contributed by atoms with Crippen molar-refractivity contribution in [3.8, 4) is 5.75 Å². The lowest BCUT2D eigenvalue weighted by molar-refractivity contribution is -0.142. The van der Waals surface area contributed by atoms with Crippen molar-refractivity contribution >= 4 is 34.6 Å². The Hall–Kier alpha value is -4.46. The van der Waals surface area contributed by atoms with Crippen LogP contribution in [0.15, 0.2) is 54.7 Å². The van der Waals surface area contributed by atoms with E-state index < -0.39 is 54.0 Å². The van der Waals surface area contributed by atoms with Gasteiger partial charge in [0.2, 0.25) is 17.7 Å². The fraction of sp³-hybridized carbons (Fsp3) is 0.400. The maximum Gasteiger partial charge on any atom is 0.326 e. The van der Waals surface area contributed by atoms with Crippen LogP contribution in [0, 0.1) is 0 Å². The Balaban J connectivity index is 1.73. The van der Waals surface area contributed by atoms with E-state index in [2.05, 4.69) is 20.9 Å². The van der Waals surface area contributed by atoms with Gasteiger partial charge in [0.15, 0.2) is 0 Å². The Morgan fingerprint density at radius 3 is 2.21 bits per heavy atom. The highest BCUT2D eigenvalue weighted by Gasteiger charge is 2.32. The first kappa shape index (κ1) is 33.0. The molecular weight excluding hydrogens is 556 g/mol. The number of fused-ring (bicyclic) bond motifs is 1. The number of unbranched alkanes of at least 4 members (excludes halogenated alkanes) is 1. The highest BCUT2D eigenvalue weighted by molar-refractivity contribution is 5.95. The number of phenolic OH excluding ortho intramolecular Hbond substituents is 1. The molecule has 13 nitrogen and oxygen atoms in total. The van der Waals surface area contributed by atoms with Crippen molar-refractivity contribution < 1.29 is 34.5 Å². The van der Waals surface area contributed by atoms with Crippen LogP contribution in [-0.2, 0) is 32.0 Å². The molecule has 0 aliphatic heterocycles. The van der Waals surface area contributed by atoms with Crippen LogP contribution in [0.3, 0.4) is 0 Å². The molecule has 0 spiro atoms. The molecule has 3 rings (SSSR count). The van der Waals surface area contributed by atoms with Crippen molar-refractivity contribution in [2.24, 2.45) is 11.5 Å². The van der Waals surface area contributed by atoms with Crippen LogP contribution in [0.25, 0.3) is 10.9 Å². The Kier molecular flexibility index (Phi) is 12.0. The molecule has 1 aromatic heterocycles. The second-order valence-electron chi connectivity index (χ2n) is 10.5. The summed E-state index contributed by atoms with van der Waals surface area (Å²) in [5.74, 6) is -3.56. The first-order valence-corrected chi connectivity index (χ1v) is 14.1. The second-order valence-corrected chi connectivity index (χ2v) is 10.5. The van der Waals surface area contributed by atoms with Crippen molar-refractivity contribution in [1.29, 1.82) is 0 Å². The van der Waals surface area contributed by atoms with E-state index >= 15 is 0 Å². The van der Waals surface area contributed by atoms with Gasteiger partial charge >= 0.3 is 5.97 Å². The Morgan fingerprint density at radius 2 is 1.56 bits per heavy atom. The number of carbonyl (C=O) groups is 4. The average molecular weight is 597 g/mol. The molecule has 11 N–H and O–H groups in total. The van der Waals surface area contributed by atoms with E-state index in [1.54, 1.807) is 18.3 Å². The van der Waals surface area contributed by atoms with Crippen molar-refractivity contribution in [2.45, 2.75) is 69.3 Å². The average Bonchev–Trinajstić information content (AvgIpc) is 3.38. The molecule has 3 aromatic rings. The van der Waals surface area contributed by atoms with E-state index in [1.165, 1.54) is 19.1 Å². The topological polar surface area (TPSA) is 233 Å². The number of hydrogen-bond donors (Lipinski definition) is 9. The fourth-order valence-electron chi connectivity index (χ4n) is 4.66. The molecule has 2 aromatic carbocycles. The zero-order valence-electron chi connectivity index (χ0n) is 24.0. The monoisotopic (exact) mass is 596 g/mol. The molecule has 13 heteroatoms. The van der Waals surface area contributed by atoms with Crippen molar-refractivity contribution in [1.82, 2.24) is 20.9 Å². The van der Waals surface area contributed by atoms with Gasteiger partial charge in [-0.2, -0.15) is 0 Å². The maximum absolute atomic E-state index is 13.3. The first-order valence-electron chi connectivity index (χ1n) is 14.1. The number of rotatable bonds is 16. The molecule has 0 saturated heterocycles. The van der Waals surface area contributed by atoms with E-state index in [4.69, 9.17) is 11.5 Å². The number of aliphatic carboxylic acids is 1. The third-order valence-electron chi connectivity index (χ3n) is 7.08. The van der Waals surface area contributed by atoms with Crippen LogP contribution in [0.1, 0.15) is 37.3 Å². The number of aromatic nitrogens is 1. The zero-order valence-corrected chi connectivity index (χ0v) is 24.0. The van der Waals surface area contributed by atoms with Crippen LogP contribution in [-0.4, -0.2) is 80.8 Å². The summed E-state index contributed by atoms with van der Waals surface area (Å²) in [7, 11) is 0. The first-order chi connectivity index (χ1) is 20.5. The minimum Gasteiger partial charge on any atom is -0.508 e. The highest BCUT2D eigenvalue weighted by atomic mass is 16.4. The molecule has 1 heterocycles. The van der Waals surface area contributed by atoms with Gasteiger partial charge in [-0.1, -0.05) is 30.3 Å². The third-order valence-corrected chi connectivity index (χ3v) is 7.08. The van der Waals surface area contributed by atoms with Gasteiger partial charge in [0.25, 0.3) is 0 Å². The summed E-state index contributed by atoms with van der Waals surface area (Å²) in [6.45, 7) is 1.68. The number of carbonyl (C=O) groups excluding carboxylic acids is 3. The molecule has 0 aliphatic rings. The number of aliphatic hydroxyl groups excluding tert-OH is 1. The Labute approximate surface area is 249 Å². The predicted octanol–water partition coefficient (Wildman–Crippen LogP) is 0.0348. The number of para-hydroxylation sites is 1. The second kappa shape index (κ2) is 15.7. The number of nitrogens with two attached hydrogens (primary N) is 2. The molecule has 5 atom stereocenters. The van der Waals surface area contributed by atoms with E-state index in [1.807, 2.05) is 24.3 Å². The van der Waals surface area contributed by atoms with Gasteiger partial charge in [-0.25, -0.2) is 4.79 Å². The van der Waals surface area contributed by atoms with Gasteiger partial charge < -0.3 is 47.7 Å². The summed E-state index contributed by atoms with van der Waals surface area (Å²) < 4.78 is 0. The molecule has 0 aliphatic carbocycles. The summed E-state index contributed by atoms with van der Waals surface area (Å²) >= 11 is 0. The number of aliphatic hydroxyl groups is 1. The number of aromatic hydroxyl groups is 1. The van der Waals surface area contributed by atoms with Crippen molar-refractivity contribution in [3.05, 3.63) is 65.9 Å². The summed E-state index contributed by atoms with van der Waals surface area (Å²) in [6.07, 6.45) is 1.68. The van der Waals surface area contributed by atoms with E-state index in [0.29, 0.717) is 24.9 Å². The normalized spacial score (nSPS) is 14.7. The van der Waals surface area contributed by atoms with Gasteiger partial charge in [0.05, 0.1) is 12.1 Å². The number of H-pyrrole nitrogens is 1. The number of carboxylic acids is 1. The molecule has 232 valence electrons. The molecule has 0 fully saturated rings. The lowest BCUT2D eigenvalue weighted by Crippen LogP contribution is -2.60. The predicted molar refractivity (Wildman–Crippen MR) is 160 cm³/mol.